The van der Waals surface area contributed by atoms with E-state index < -0.39 is 63.8 Å². The highest BCUT2D eigenvalue weighted by molar-refractivity contribution is 7.47. The largest absolute Gasteiger partial charge is 0.480 e. The lowest BCUT2D eigenvalue weighted by atomic mass is 10.1. The summed E-state index contributed by atoms with van der Waals surface area (Å²) in [7, 11) is -4.76. The highest BCUT2D eigenvalue weighted by atomic mass is 31.2. The van der Waals surface area contributed by atoms with Crippen LogP contribution in [0.5, 0.6) is 0 Å². The number of aliphatic hydroxyl groups excluding tert-OH is 1. The second-order valence-electron chi connectivity index (χ2n) is 13.2. The Morgan fingerprint density at radius 2 is 1.19 bits per heavy atom. The van der Waals surface area contributed by atoms with Crippen molar-refractivity contribution < 1.29 is 52.6 Å². The van der Waals surface area contributed by atoms with E-state index in [1.165, 1.54) is 19.3 Å². The molecule has 57 heavy (non-hydrogen) atoms. The van der Waals surface area contributed by atoms with Gasteiger partial charge < -0.3 is 30.3 Å². The Balaban J connectivity index is 4.65. The number of esters is 2. The van der Waals surface area contributed by atoms with Crippen LogP contribution in [-0.4, -0.2) is 71.1 Å². The molecule has 0 aliphatic carbocycles. The van der Waals surface area contributed by atoms with E-state index in [2.05, 4.69) is 67.0 Å². The minimum absolute atomic E-state index is 0.0817. The minimum Gasteiger partial charge on any atom is -0.480 e. The number of allylic oxidation sites excluding steroid dienone is 14. The Labute approximate surface area is 341 Å². The lowest BCUT2D eigenvalue weighted by Gasteiger charge is -2.20. The number of aliphatic hydroxyl groups is 1. The summed E-state index contributed by atoms with van der Waals surface area (Å²) in [6.07, 6.45) is 43.7. The predicted octanol–water partition coefficient (Wildman–Crippen LogP) is 9.47. The number of aliphatic carboxylic acids is 1. The van der Waals surface area contributed by atoms with E-state index in [1.807, 2.05) is 42.5 Å². The number of phosphoric ester groups is 1. The average molecular weight is 820 g/mol. The van der Waals surface area contributed by atoms with Gasteiger partial charge in [0.1, 0.15) is 12.6 Å². The van der Waals surface area contributed by atoms with Gasteiger partial charge >= 0.3 is 25.7 Å². The number of hydrogen-bond donors (Lipinski definition) is 4. The molecule has 0 spiro atoms. The second kappa shape index (κ2) is 37.9. The van der Waals surface area contributed by atoms with Gasteiger partial charge in [-0.2, -0.15) is 0 Å². The fourth-order valence-corrected chi connectivity index (χ4v) is 5.44. The van der Waals surface area contributed by atoms with Crippen LogP contribution in [-0.2, 0) is 37.5 Å². The van der Waals surface area contributed by atoms with Crippen LogP contribution < -0.4 is 5.73 Å². The van der Waals surface area contributed by atoms with Gasteiger partial charge in [0.2, 0.25) is 0 Å². The molecule has 0 radical (unpaired) electrons. The number of nitrogens with two attached hydrogens (primary N) is 1. The zero-order chi connectivity index (χ0) is 42.2. The first-order valence-corrected chi connectivity index (χ1v) is 21.9. The molecule has 0 fully saturated rings. The van der Waals surface area contributed by atoms with Crippen LogP contribution in [0.25, 0.3) is 0 Å². The minimum atomic E-state index is -4.76. The zero-order valence-corrected chi connectivity index (χ0v) is 35.1. The molecule has 0 aromatic heterocycles. The number of hydrogen-bond acceptors (Lipinski definition) is 10. The van der Waals surface area contributed by atoms with Crippen LogP contribution in [0.4, 0.5) is 0 Å². The Morgan fingerprint density at radius 1 is 0.649 bits per heavy atom. The van der Waals surface area contributed by atoms with E-state index in [-0.39, 0.29) is 12.8 Å². The maximum atomic E-state index is 12.6. The van der Waals surface area contributed by atoms with Gasteiger partial charge in [0.15, 0.2) is 6.10 Å². The molecule has 13 heteroatoms. The summed E-state index contributed by atoms with van der Waals surface area (Å²) < 4.78 is 32.5. The molecule has 0 saturated carbocycles. The smallest absolute Gasteiger partial charge is 0.472 e. The Morgan fingerprint density at radius 3 is 1.82 bits per heavy atom. The third kappa shape index (κ3) is 37.7. The van der Waals surface area contributed by atoms with Gasteiger partial charge in [0.25, 0.3) is 0 Å². The molecule has 0 saturated heterocycles. The Bertz CT molecular complexity index is 1350. The third-order valence-electron chi connectivity index (χ3n) is 7.90. The SMILES string of the molecule is CC/C=C\C/C=C\CC(O)/C=C/C=C\C/C=C\CCCC(=O)OC[C@H](COP(=O)(O)OC[C@H](N)C(=O)O)OC(=O)CCCC/C=C\C/C=C\C/C=C\CCCCC. The molecule has 0 rings (SSSR count). The lowest BCUT2D eigenvalue weighted by Crippen LogP contribution is -2.34. The molecule has 2 unspecified atom stereocenters. The summed E-state index contributed by atoms with van der Waals surface area (Å²) >= 11 is 0. The van der Waals surface area contributed by atoms with Crippen LogP contribution in [0.1, 0.15) is 123 Å². The number of carbonyl (C=O) groups excluding carboxylic acids is 2. The molecule has 322 valence electrons. The Kier molecular flexibility index (Phi) is 35.5. The molecule has 0 heterocycles. The summed E-state index contributed by atoms with van der Waals surface area (Å²) in [5.41, 5.74) is 5.31. The highest BCUT2D eigenvalue weighted by Crippen LogP contribution is 2.43. The molecule has 0 aliphatic rings. The fraction of sp³-hybridized carbons (Fsp3) is 0.568. The number of carboxylic acid groups (broad SMARTS) is 1. The van der Waals surface area contributed by atoms with E-state index in [1.54, 1.807) is 6.08 Å². The molecule has 4 atom stereocenters. The summed E-state index contributed by atoms with van der Waals surface area (Å²) in [5.74, 6) is -2.57. The molecule has 0 amide bonds. The molecule has 0 bridgehead atoms. The summed E-state index contributed by atoms with van der Waals surface area (Å²) in [6, 6.07) is -1.55. The van der Waals surface area contributed by atoms with E-state index in [0.29, 0.717) is 32.1 Å². The molecule has 5 N–H and O–H groups in total. The van der Waals surface area contributed by atoms with Crippen molar-refractivity contribution in [3.63, 3.8) is 0 Å². The van der Waals surface area contributed by atoms with Crippen molar-refractivity contribution in [1.82, 2.24) is 0 Å². The van der Waals surface area contributed by atoms with Crippen LogP contribution in [0, 0.1) is 0 Å². The molecule has 12 nitrogen and oxygen atoms in total. The third-order valence-corrected chi connectivity index (χ3v) is 8.85. The van der Waals surface area contributed by atoms with Gasteiger partial charge in [-0.15, -0.1) is 0 Å². The molecule has 0 aromatic rings. The van der Waals surface area contributed by atoms with E-state index in [4.69, 9.17) is 24.8 Å². The maximum Gasteiger partial charge on any atom is 0.472 e. The number of unbranched alkanes of at least 4 members (excludes halogenated alkanes) is 6. The van der Waals surface area contributed by atoms with E-state index >= 15 is 0 Å². The van der Waals surface area contributed by atoms with Crippen molar-refractivity contribution in [3.05, 3.63) is 97.2 Å². The number of rotatable bonds is 36. The summed E-state index contributed by atoms with van der Waals surface area (Å²) in [5, 5.41) is 18.9. The molecular weight excluding hydrogens is 749 g/mol. The van der Waals surface area contributed by atoms with Crippen molar-refractivity contribution in [3.8, 4) is 0 Å². The molecular formula is C44H70NO11P. The van der Waals surface area contributed by atoms with Crippen LogP contribution >= 0.6 is 7.82 Å². The number of phosphoric acid groups is 1. The van der Waals surface area contributed by atoms with Gasteiger partial charge in [0.05, 0.1) is 19.3 Å². The molecule has 0 aromatic carbocycles. The maximum absolute atomic E-state index is 12.6. The fourth-order valence-electron chi connectivity index (χ4n) is 4.66. The van der Waals surface area contributed by atoms with Crippen LogP contribution in [0.15, 0.2) is 97.2 Å². The standard InChI is InChI=1S/C44H70NO11P/c1-3-5-7-9-11-12-13-14-15-16-17-18-23-27-31-35-43(48)56-40(37-54-57(51,52)55-38-41(45)44(49)50)36-53-42(47)34-30-26-22-20-19-21-25-29-33-39(46)32-28-24-10-8-6-4-2/h6,8,11-12,14-15,17-18,20-22,24-25,28-29,33,39-41,46H,3-5,7,9-10,13,16,19,23,26-27,30-32,34-38,45H2,1-2H3,(H,49,50)(H,51,52)/b8-6-,12-11-,15-14-,18-17-,22-20-,25-21-,28-24-,33-29+/t39?,40-,41+/m1/s1. The van der Waals surface area contributed by atoms with Gasteiger partial charge in [-0.1, -0.05) is 124 Å². The lowest BCUT2D eigenvalue weighted by molar-refractivity contribution is -0.161. The second-order valence-corrected chi connectivity index (χ2v) is 14.7. The Hall–Kier alpha value is -3.64. The highest BCUT2D eigenvalue weighted by Gasteiger charge is 2.28. The predicted molar refractivity (Wildman–Crippen MR) is 227 cm³/mol. The monoisotopic (exact) mass is 819 g/mol. The number of ether oxygens (including phenoxy) is 2. The van der Waals surface area contributed by atoms with Crippen molar-refractivity contribution in [2.24, 2.45) is 5.73 Å². The topological polar surface area (TPSA) is 192 Å². The zero-order valence-electron chi connectivity index (χ0n) is 34.2. The first-order valence-electron chi connectivity index (χ1n) is 20.4. The van der Waals surface area contributed by atoms with E-state index in [0.717, 1.165) is 44.9 Å². The van der Waals surface area contributed by atoms with Crippen molar-refractivity contribution >= 4 is 25.7 Å². The first-order chi connectivity index (χ1) is 27.5. The number of carboxylic acids is 1. The summed E-state index contributed by atoms with van der Waals surface area (Å²) in [4.78, 5) is 45.8. The van der Waals surface area contributed by atoms with Crippen LogP contribution in [0.2, 0.25) is 0 Å². The average Bonchev–Trinajstić information content (AvgIpc) is 3.18. The van der Waals surface area contributed by atoms with Crippen molar-refractivity contribution in [2.45, 2.75) is 141 Å². The van der Waals surface area contributed by atoms with Gasteiger partial charge in [0, 0.05) is 12.8 Å². The normalized spacial score (nSPS) is 15.3. The van der Waals surface area contributed by atoms with Crippen LogP contribution in [0.3, 0.4) is 0 Å². The quantitative estimate of drug-likeness (QED) is 0.0154. The van der Waals surface area contributed by atoms with E-state index in [9.17, 15) is 28.9 Å². The van der Waals surface area contributed by atoms with Gasteiger partial charge in [-0.3, -0.25) is 23.4 Å². The summed E-state index contributed by atoms with van der Waals surface area (Å²) in [6.45, 7) is 2.44. The first kappa shape index (κ1) is 53.4. The van der Waals surface area contributed by atoms with Crippen molar-refractivity contribution in [2.75, 3.05) is 19.8 Å². The van der Waals surface area contributed by atoms with Crippen molar-refractivity contribution in [1.29, 1.82) is 0 Å². The number of carbonyl (C=O) groups is 3. The van der Waals surface area contributed by atoms with Gasteiger partial charge in [-0.25, -0.2) is 4.57 Å². The van der Waals surface area contributed by atoms with Gasteiger partial charge in [-0.05, 0) is 83.5 Å². The molecule has 0 aliphatic heterocycles.